The van der Waals surface area contributed by atoms with Gasteiger partial charge in [-0.05, 0) is 31.2 Å². The fourth-order valence-corrected chi connectivity index (χ4v) is 3.27. The second-order valence-corrected chi connectivity index (χ2v) is 6.84. The van der Waals surface area contributed by atoms with Crippen LogP contribution in [-0.4, -0.2) is 75.0 Å². The summed E-state index contributed by atoms with van der Waals surface area (Å²) >= 11 is 0. The van der Waals surface area contributed by atoms with Crippen LogP contribution in [-0.2, 0) is 0 Å². The summed E-state index contributed by atoms with van der Waals surface area (Å²) in [6.07, 6.45) is 5.93. The molecule has 4 rings (SSSR count). The Morgan fingerprint density at radius 2 is 1.76 bits per heavy atom. The lowest BCUT2D eigenvalue weighted by molar-refractivity contribution is 0.0946. The number of aromatic nitrogens is 5. The predicted octanol–water partition coefficient (Wildman–Crippen LogP) is 0.999. The van der Waals surface area contributed by atoms with E-state index in [1.54, 1.807) is 12.4 Å². The lowest BCUT2D eigenvalue weighted by Crippen LogP contribution is -2.47. The second-order valence-electron chi connectivity index (χ2n) is 6.84. The molecular formula is C20H24N8O. The molecule has 0 radical (unpaired) electrons. The molecule has 1 amide bonds. The van der Waals surface area contributed by atoms with Gasteiger partial charge in [0.2, 0.25) is 5.95 Å². The van der Waals surface area contributed by atoms with Gasteiger partial charge in [-0.1, -0.05) is 18.2 Å². The van der Waals surface area contributed by atoms with Gasteiger partial charge in [0.25, 0.3) is 5.91 Å². The van der Waals surface area contributed by atoms with Crippen molar-refractivity contribution in [2.24, 2.45) is 0 Å². The van der Waals surface area contributed by atoms with E-state index < -0.39 is 0 Å². The van der Waals surface area contributed by atoms with Gasteiger partial charge in [0.1, 0.15) is 0 Å². The fraction of sp³-hybridized carbons (Fsp3) is 0.350. The zero-order chi connectivity index (χ0) is 19.9. The molecule has 2 aromatic heterocycles. The Morgan fingerprint density at radius 3 is 2.52 bits per heavy atom. The summed E-state index contributed by atoms with van der Waals surface area (Å²) in [7, 11) is 0. The Bertz CT molecular complexity index is 907. The maximum Gasteiger partial charge on any atom is 0.273 e. The molecule has 9 nitrogen and oxygen atoms in total. The number of carbonyl (C=O) groups is 1. The first kappa shape index (κ1) is 19.0. The summed E-state index contributed by atoms with van der Waals surface area (Å²) in [5.41, 5.74) is 1.15. The van der Waals surface area contributed by atoms with Gasteiger partial charge in [0.15, 0.2) is 5.69 Å². The summed E-state index contributed by atoms with van der Waals surface area (Å²) in [6.45, 7) is 5.33. The molecule has 1 aliphatic rings. The first-order chi connectivity index (χ1) is 14.3. The van der Waals surface area contributed by atoms with Crippen molar-refractivity contribution in [2.45, 2.75) is 6.42 Å². The summed E-state index contributed by atoms with van der Waals surface area (Å²) in [4.78, 5) is 27.0. The number of piperazine rings is 1. The molecule has 0 unspecified atom stereocenters. The third-order valence-corrected chi connectivity index (χ3v) is 4.86. The summed E-state index contributed by atoms with van der Waals surface area (Å²) in [5, 5.41) is 11.3. The molecular weight excluding hydrogens is 368 g/mol. The van der Waals surface area contributed by atoms with Crippen molar-refractivity contribution in [3.63, 3.8) is 0 Å². The van der Waals surface area contributed by atoms with Crippen LogP contribution in [0, 0.1) is 0 Å². The summed E-state index contributed by atoms with van der Waals surface area (Å²) < 4.78 is 0. The van der Waals surface area contributed by atoms with Crippen molar-refractivity contribution in [1.82, 2.24) is 35.2 Å². The van der Waals surface area contributed by atoms with Crippen LogP contribution in [0.15, 0.2) is 55.0 Å². The molecule has 0 bridgehead atoms. The van der Waals surface area contributed by atoms with Gasteiger partial charge in [-0.3, -0.25) is 9.69 Å². The molecule has 1 fully saturated rings. The minimum atomic E-state index is -0.196. The van der Waals surface area contributed by atoms with Crippen LogP contribution in [0.5, 0.6) is 0 Å². The Balaban J connectivity index is 1.17. The van der Waals surface area contributed by atoms with Crippen LogP contribution in [0.25, 0.3) is 5.69 Å². The monoisotopic (exact) mass is 392 g/mol. The SMILES string of the molecule is O=C(NCCCN1CCN(c2ncccn2)CC1)c1cnn(-c2ccccc2)n1. The molecule has 0 spiro atoms. The minimum Gasteiger partial charge on any atom is -0.351 e. The molecule has 0 atom stereocenters. The number of hydrogen-bond acceptors (Lipinski definition) is 7. The number of anilines is 1. The molecule has 3 heterocycles. The Morgan fingerprint density at radius 1 is 1.00 bits per heavy atom. The second kappa shape index (κ2) is 9.24. The topological polar surface area (TPSA) is 92.1 Å². The maximum atomic E-state index is 12.3. The van der Waals surface area contributed by atoms with Crippen molar-refractivity contribution in [3.05, 3.63) is 60.7 Å². The van der Waals surface area contributed by atoms with E-state index in [4.69, 9.17) is 0 Å². The molecule has 3 aromatic rings. The minimum absolute atomic E-state index is 0.196. The van der Waals surface area contributed by atoms with Gasteiger partial charge in [-0.25, -0.2) is 9.97 Å². The zero-order valence-corrected chi connectivity index (χ0v) is 16.2. The highest BCUT2D eigenvalue weighted by molar-refractivity contribution is 5.91. The van der Waals surface area contributed by atoms with Gasteiger partial charge in [0.05, 0.1) is 11.9 Å². The lowest BCUT2D eigenvalue weighted by atomic mass is 10.3. The number of amides is 1. The predicted molar refractivity (Wildman–Crippen MR) is 109 cm³/mol. The van der Waals surface area contributed by atoms with Crippen LogP contribution in [0.4, 0.5) is 5.95 Å². The number of carbonyl (C=O) groups excluding carboxylic acids is 1. The normalized spacial score (nSPS) is 14.7. The van der Waals surface area contributed by atoms with E-state index in [1.807, 2.05) is 36.4 Å². The highest BCUT2D eigenvalue weighted by atomic mass is 16.2. The number of benzene rings is 1. The average Bonchev–Trinajstić information content (AvgIpc) is 3.29. The third kappa shape index (κ3) is 4.94. The molecule has 0 saturated carbocycles. The number of nitrogens with one attached hydrogen (secondary N) is 1. The van der Waals surface area contributed by atoms with Crippen molar-refractivity contribution in [1.29, 1.82) is 0 Å². The molecule has 29 heavy (non-hydrogen) atoms. The van der Waals surface area contributed by atoms with Gasteiger partial charge < -0.3 is 10.2 Å². The molecule has 150 valence electrons. The number of para-hydroxylation sites is 1. The van der Waals surface area contributed by atoms with Crippen molar-refractivity contribution in [3.8, 4) is 5.69 Å². The van der Waals surface area contributed by atoms with E-state index in [-0.39, 0.29) is 5.91 Å². The lowest BCUT2D eigenvalue weighted by Gasteiger charge is -2.34. The standard InChI is InChI=1S/C20H24N8O/c29-19(18-16-24-28(25-18)17-6-2-1-3-7-17)21-10-5-11-26-12-14-27(15-13-26)20-22-8-4-9-23-20/h1-4,6-9,16H,5,10-15H2,(H,21,29). The largest absolute Gasteiger partial charge is 0.351 e. The zero-order valence-electron chi connectivity index (χ0n) is 16.2. The van der Waals surface area contributed by atoms with E-state index in [2.05, 4.69) is 35.3 Å². The van der Waals surface area contributed by atoms with E-state index in [9.17, 15) is 4.79 Å². The number of hydrogen-bond donors (Lipinski definition) is 1. The molecule has 1 aliphatic heterocycles. The Kier molecular flexibility index (Phi) is 6.06. The molecule has 9 heteroatoms. The maximum absolute atomic E-state index is 12.3. The first-order valence-corrected chi connectivity index (χ1v) is 9.80. The molecule has 1 saturated heterocycles. The molecule has 1 aromatic carbocycles. The first-order valence-electron chi connectivity index (χ1n) is 9.80. The van der Waals surface area contributed by atoms with Crippen LogP contribution in [0.2, 0.25) is 0 Å². The van der Waals surface area contributed by atoms with Crippen LogP contribution < -0.4 is 10.2 Å². The van der Waals surface area contributed by atoms with Crippen LogP contribution in [0.3, 0.4) is 0 Å². The van der Waals surface area contributed by atoms with Gasteiger partial charge in [-0.15, -0.1) is 5.10 Å². The van der Waals surface area contributed by atoms with E-state index in [0.717, 1.165) is 50.8 Å². The van der Waals surface area contributed by atoms with Gasteiger partial charge in [-0.2, -0.15) is 9.90 Å². The highest BCUT2D eigenvalue weighted by Crippen LogP contribution is 2.09. The van der Waals surface area contributed by atoms with E-state index >= 15 is 0 Å². The van der Waals surface area contributed by atoms with Crippen LogP contribution >= 0.6 is 0 Å². The van der Waals surface area contributed by atoms with Crippen molar-refractivity contribution in [2.75, 3.05) is 44.2 Å². The van der Waals surface area contributed by atoms with E-state index in [0.29, 0.717) is 12.2 Å². The molecule has 0 aliphatic carbocycles. The van der Waals surface area contributed by atoms with Gasteiger partial charge in [0, 0.05) is 45.1 Å². The summed E-state index contributed by atoms with van der Waals surface area (Å²) in [6, 6.07) is 11.4. The number of rotatable bonds is 7. The number of nitrogens with zero attached hydrogens (tertiary/aromatic N) is 7. The fourth-order valence-electron chi connectivity index (χ4n) is 3.27. The summed E-state index contributed by atoms with van der Waals surface area (Å²) in [5.74, 6) is 0.598. The smallest absolute Gasteiger partial charge is 0.273 e. The van der Waals surface area contributed by atoms with Crippen LogP contribution in [0.1, 0.15) is 16.9 Å². The third-order valence-electron chi connectivity index (χ3n) is 4.86. The average molecular weight is 392 g/mol. The highest BCUT2D eigenvalue weighted by Gasteiger charge is 2.18. The van der Waals surface area contributed by atoms with E-state index in [1.165, 1.54) is 11.0 Å². The quantitative estimate of drug-likeness (QED) is 0.600. The van der Waals surface area contributed by atoms with Crippen molar-refractivity contribution < 1.29 is 4.79 Å². The molecule has 1 N–H and O–H groups in total. The Labute approximate surface area is 169 Å². The van der Waals surface area contributed by atoms with Gasteiger partial charge >= 0.3 is 0 Å². The van der Waals surface area contributed by atoms with Crippen molar-refractivity contribution >= 4 is 11.9 Å². The Hall–Kier alpha value is -3.33.